The summed E-state index contributed by atoms with van der Waals surface area (Å²) in [6.07, 6.45) is 2.32. The van der Waals surface area contributed by atoms with E-state index in [1.165, 1.54) is 6.07 Å². The third-order valence-corrected chi connectivity index (χ3v) is 4.98. The molecular weight excluding hydrogens is 315 g/mol. The second kappa shape index (κ2) is 8.01. The Morgan fingerprint density at radius 2 is 1.80 bits per heavy atom. The molecule has 0 bridgehead atoms. The van der Waals surface area contributed by atoms with Crippen LogP contribution in [0.4, 0.5) is 4.39 Å². The molecule has 1 aliphatic carbocycles. The number of halogens is 1. The van der Waals surface area contributed by atoms with Crippen molar-refractivity contribution in [1.82, 2.24) is 0 Å². The van der Waals surface area contributed by atoms with E-state index in [1.54, 1.807) is 19.2 Å². The number of ether oxygens (including phenoxy) is 1. The number of aliphatic hydroxyl groups excluding tert-OH is 1. The number of hydrogen-bond acceptors (Lipinski definition) is 2. The standard InChI is InChI=1S/C20H23FO2.C2H6/c1-4-13-5-7-15(16-12-14(23-3)6-8-18(16)21)17(11-13)19(22)20(2)9-10-20;1-2/h5-8,11-12,19,22H,4,9-10H2,1-3H3;1-2H3. The lowest BCUT2D eigenvalue weighted by Crippen LogP contribution is -2.11. The van der Waals surface area contributed by atoms with Gasteiger partial charge in [-0.2, -0.15) is 0 Å². The summed E-state index contributed by atoms with van der Waals surface area (Å²) in [4.78, 5) is 0. The highest BCUT2D eigenvalue weighted by molar-refractivity contribution is 5.70. The van der Waals surface area contributed by atoms with Crippen molar-refractivity contribution >= 4 is 0 Å². The Balaban J connectivity index is 0.00000109. The maximum absolute atomic E-state index is 14.4. The fraction of sp³-hybridized carbons (Fsp3) is 0.455. The molecule has 0 aromatic heterocycles. The lowest BCUT2D eigenvalue weighted by Gasteiger charge is -2.22. The number of aryl methyl sites for hydroxylation is 1. The molecule has 0 heterocycles. The van der Waals surface area contributed by atoms with Gasteiger partial charge in [-0.15, -0.1) is 0 Å². The van der Waals surface area contributed by atoms with E-state index in [-0.39, 0.29) is 11.2 Å². The van der Waals surface area contributed by atoms with Crippen LogP contribution in [-0.2, 0) is 6.42 Å². The van der Waals surface area contributed by atoms with Gasteiger partial charge < -0.3 is 9.84 Å². The molecule has 2 nitrogen and oxygen atoms in total. The minimum atomic E-state index is -0.574. The van der Waals surface area contributed by atoms with Gasteiger partial charge in [-0.3, -0.25) is 0 Å². The molecule has 3 rings (SSSR count). The van der Waals surface area contributed by atoms with Crippen LogP contribution >= 0.6 is 0 Å². The molecule has 1 saturated carbocycles. The van der Waals surface area contributed by atoms with Gasteiger partial charge in [0.15, 0.2) is 0 Å². The first-order valence-corrected chi connectivity index (χ1v) is 9.13. The quantitative estimate of drug-likeness (QED) is 0.729. The third kappa shape index (κ3) is 4.04. The summed E-state index contributed by atoms with van der Waals surface area (Å²) in [7, 11) is 1.57. The maximum Gasteiger partial charge on any atom is 0.131 e. The monoisotopic (exact) mass is 344 g/mol. The van der Waals surface area contributed by atoms with E-state index < -0.39 is 6.10 Å². The summed E-state index contributed by atoms with van der Waals surface area (Å²) in [5, 5.41) is 10.8. The van der Waals surface area contributed by atoms with Gasteiger partial charge in [0.2, 0.25) is 0 Å². The van der Waals surface area contributed by atoms with Crippen molar-refractivity contribution in [1.29, 1.82) is 0 Å². The van der Waals surface area contributed by atoms with Crippen LogP contribution in [0.2, 0.25) is 0 Å². The summed E-state index contributed by atoms with van der Waals surface area (Å²) in [6, 6.07) is 10.7. The van der Waals surface area contributed by atoms with Crippen LogP contribution in [0.25, 0.3) is 11.1 Å². The molecule has 1 fully saturated rings. The van der Waals surface area contributed by atoms with E-state index in [2.05, 4.69) is 13.8 Å². The van der Waals surface area contributed by atoms with Crippen molar-refractivity contribution in [2.75, 3.05) is 7.11 Å². The first-order valence-electron chi connectivity index (χ1n) is 9.13. The average Bonchev–Trinajstić information content (AvgIpc) is 3.41. The first-order chi connectivity index (χ1) is 12.0. The summed E-state index contributed by atoms with van der Waals surface area (Å²) in [5.74, 6) is 0.309. The highest BCUT2D eigenvalue weighted by atomic mass is 19.1. The molecule has 25 heavy (non-hydrogen) atoms. The molecule has 1 N–H and O–H groups in total. The van der Waals surface area contributed by atoms with Crippen LogP contribution in [-0.4, -0.2) is 12.2 Å². The van der Waals surface area contributed by atoms with Crippen LogP contribution in [0, 0.1) is 11.2 Å². The van der Waals surface area contributed by atoms with Gasteiger partial charge in [0.1, 0.15) is 11.6 Å². The van der Waals surface area contributed by atoms with Gasteiger partial charge in [0.25, 0.3) is 0 Å². The van der Waals surface area contributed by atoms with Gasteiger partial charge in [-0.1, -0.05) is 45.9 Å². The first kappa shape index (κ1) is 19.5. The molecule has 0 amide bonds. The van der Waals surface area contributed by atoms with Crippen molar-refractivity contribution in [3.05, 3.63) is 53.3 Å². The molecule has 0 radical (unpaired) electrons. The minimum absolute atomic E-state index is 0.0868. The van der Waals surface area contributed by atoms with E-state index in [1.807, 2.05) is 32.0 Å². The molecule has 1 atom stereocenters. The molecule has 0 saturated heterocycles. The van der Waals surface area contributed by atoms with Crippen molar-refractivity contribution in [3.63, 3.8) is 0 Å². The summed E-state index contributed by atoms with van der Waals surface area (Å²) in [6.45, 7) is 8.16. The second-order valence-electron chi connectivity index (χ2n) is 6.68. The zero-order valence-corrected chi connectivity index (χ0v) is 15.9. The molecule has 2 aromatic carbocycles. The molecular formula is C22H29FO2. The molecule has 136 valence electrons. The number of benzene rings is 2. The lowest BCUT2D eigenvalue weighted by molar-refractivity contribution is 0.104. The van der Waals surface area contributed by atoms with Gasteiger partial charge in [0, 0.05) is 5.56 Å². The normalized spacial score (nSPS) is 15.8. The number of aliphatic hydroxyl groups is 1. The van der Waals surface area contributed by atoms with Crippen LogP contribution in [0.1, 0.15) is 57.8 Å². The molecule has 1 aliphatic rings. The van der Waals surface area contributed by atoms with E-state index in [4.69, 9.17) is 4.74 Å². The predicted octanol–water partition coefficient (Wildman–Crippen LogP) is 5.92. The lowest BCUT2D eigenvalue weighted by atomic mass is 9.87. The summed E-state index contributed by atoms with van der Waals surface area (Å²) < 4.78 is 19.6. The third-order valence-electron chi connectivity index (χ3n) is 4.98. The maximum atomic E-state index is 14.4. The summed E-state index contributed by atoms with van der Waals surface area (Å²) >= 11 is 0. The molecule has 3 heteroatoms. The van der Waals surface area contributed by atoms with Gasteiger partial charge >= 0.3 is 0 Å². The smallest absolute Gasteiger partial charge is 0.131 e. The highest BCUT2D eigenvalue weighted by Crippen LogP contribution is 2.55. The van der Waals surface area contributed by atoms with Crippen molar-refractivity contribution in [2.45, 2.75) is 53.1 Å². The predicted molar refractivity (Wildman–Crippen MR) is 101 cm³/mol. The second-order valence-corrected chi connectivity index (χ2v) is 6.68. The Kier molecular flexibility index (Phi) is 6.23. The van der Waals surface area contributed by atoms with Crippen LogP contribution in [0.15, 0.2) is 36.4 Å². The number of methoxy groups -OCH3 is 1. The Morgan fingerprint density at radius 1 is 1.12 bits per heavy atom. The van der Waals surface area contributed by atoms with Crippen LogP contribution in [0.5, 0.6) is 5.75 Å². The number of rotatable bonds is 5. The Labute approximate surface area is 150 Å². The van der Waals surface area contributed by atoms with E-state index >= 15 is 0 Å². The van der Waals surface area contributed by atoms with Gasteiger partial charge in [-0.25, -0.2) is 4.39 Å². The zero-order valence-electron chi connectivity index (χ0n) is 15.9. The average molecular weight is 344 g/mol. The van der Waals surface area contributed by atoms with Crippen LogP contribution < -0.4 is 4.74 Å². The fourth-order valence-electron chi connectivity index (χ4n) is 2.99. The zero-order chi connectivity index (χ0) is 18.6. The molecule has 2 aromatic rings. The van der Waals surface area contributed by atoms with Crippen LogP contribution in [0.3, 0.4) is 0 Å². The Bertz CT molecular complexity index is 720. The number of hydrogen-bond donors (Lipinski definition) is 1. The van der Waals surface area contributed by atoms with E-state index in [9.17, 15) is 9.50 Å². The topological polar surface area (TPSA) is 29.5 Å². The molecule has 1 unspecified atom stereocenters. The molecule has 0 spiro atoms. The fourth-order valence-corrected chi connectivity index (χ4v) is 2.99. The van der Waals surface area contributed by atoms with E-state index in [0.717, 1.165) is 36.0 Å². The SMILES string of the molecule is CC.CCc1ccc(-c2cc(OC)ccc2F)c(C(O)C2(C)CC2)c1. The van der Waals surface area contributed by atoms with Crippen molar-refractivity contribution in [2.24, 2.45) is 5.41 Å². The van der Waals surface area contributed by atoms with Crippen molar-refractivity contribution < 1.29 is 14.2 Å². The summed E-state index contributed by atoms with van der Waals surface area (Å²) in [5.41, 5.74) is 3.10. The van der Waals surface area contributed by atoms with Gasteiger partial charge in [-0.05, 0) is 59.6 Å². The highest BCUT2D eigenvalue weighted by Gasteiger charge is 2.45. The Hall–Kier alpha value is -1.87. The van der Waals surface area contributed by atoms with Crippen molar-refractivity contribution in [3.8, 4) is 16.9 Å². The largest absolute Gasteiger partial charge is 0.497 e. The van der Waals surface area contributed by atoms with Gasteiger partial charge in [0.05, 0.1) is 13.2 Å². The Morgan fingerprint density at radius 3 is 2.36 bits per heavy atom. The molecule has 0 aliphatic heterocycles. The van der Waals surface area contributed by atoms with E-state index in [0.29, 0.717) is 11.3 Å². The minimum Gasteiger partial charge on any atom is -0.497 e.